The molecule has 2 rings (SSSR count). The van der Waals surface area contributed by atoms with E-state index in [-0.39, 0.29) is 12.1 Å². The lowest BCUT2D eigenvalue weighted by atomic mass is 10.0. The van der Waals surface area contributed by atoms with Crippen LogP contribution in [0.3, 0.4) is 0 Å². The van der Waals surface area contributed by atoms with Gasteiger partial charge in [-0.05, 0) is 58.8 Å². The standard InChI is InChI=1S/C19H36N4O3/c1-6-25-12-10-19(8-9-19)14-21-16(20-5)23-11-7-15(13-23)22-17(24)26-18(2,3)4/h15H,6-14H2,1-5H3,(H,20,21)(H,22,24)/t15-/m1/s1. The van der Waals surface area contributed by atoms with Crippen molar-refractivity contribution in [3.8, 4) is 0 Å². The number of carbonyl (C=O) groups excluding carboxylic acids is 1. The van der Waals surface area contributed by atoms with Crippen molar-refractivity contribution >= 4 is 12.1 Å². The summed E-state index contributed by atoms with van der Waals surface area (Å²) >= 11 is 0. The van der Waals surface area contributed by atoms with Crippen LogP contribution in [0, 0.1) is 5.41 Å². The van der Waals surface area contributed by atoms with Crippen LogP contribution in [0.5, 0.6) is 0 Å². The number of carbonyl (C=O) groups is 1. The topological polar surface area (TPSA) is 75.2 Å². The Hall–Kier alpha value is -1.50. The van der Waals surface area contributed by atoms with Crippen molar-refractivity contribution in [1.29, 1.82) is 0 Å². The molecule has 0 aromatic rings. The molecule has 1 heterocycles. The fourth-order valence-corrected chi connectivity index (χ4v) is 3.27. The minimum absolute atomic E-state index is 0.0937. The Labute approximate surface area is 157 Å². The Morgan fingerprint density at radius 1 is 1.35 bits per heavy atom. The second-order valence-corrected chi connectivity index (χ2v) is 8.43. The Kier molecular flexibility index (Phi) is 7.15. The number of hydrogen-bond donors (Lipinski definition) is 2. The number of ether oxygens (including phenoxy) is 2. The number of hydrogen-bond acceptors (Lipinski definition) is 4. The van der Waals surface area contributed by atoms with Gasteiger partial charge in [0.1, 0.15) is 5.60 Å². The molecule has 1 aliphatic carbocycles. The molecule has 1 saturated heterocycles. The lowest BCUT2D eigenvalue weighted by Crippen LogP contribution is -2.45. The molecule has 150 valence electrons. The zero-order valence-corrected chi connectivity index (χ0v) is 17.1. The van der Waals surface area contributed by atoms with Gasteiger partial charge in [0.25, 0.3) is 0 Å². The predicted molar refractivity (Wildman–Crippen MR) is 103 cm³/mol. The zero-order valence-electron chi connectivity index (χ0n) is 17.1. The summed E-state index contributed by atoms with van der Waals surface area (Å²) in [6, 6.07) is 0.0937. The average Bonchev–Trinajstić information content (AvgIpc) is 3.16. The molecule has 1 amide bonds. The van der Waals surface area contributed by atoms with Crippen LogP contribution in [-0.4, -0.2) is 68.5 Å². The quantitative estimate of drug-likeness (QED) is 0.410. The van der Waals surface area contributed by atoms with Crippen molar-refractivity contribution in [2.24, 2.45) is 10.4 Å². The van der Waals surface area contributed by atoms with Gasteiger partial charge in [0.05, 0.1) is 6.04 Å². The second-order valence-electron chi connectivity index (χ2n) is 8.43. The van der Waals surface area contributed by atoms with Crippen molar-refractivity contribution < 1.29 is 14.3 Å². The smallest absolute Gasteiger partial charge is 0.407 e. The lowest BCUT2D eigenvalue weighted by Gasteiger charge is -2.25. The van der Waals surface area contributed by atoms with E-state index in [0.29, 0.717) is 5.41 Å². The Morgan fingerprint density at radius 2 is 2.08 bits per heavy atom. The summed E-state index contributed by atoms with van der Waals surface area (Å²) in [5.74, 6) is 0.918. The van der Waals surface area contributed by atoms with Crippen LogP contribution >= 0.6 is 0 Å². The monoisotopic (exact) mass is 368 g/mol. The average molecular weight is 369 g/mol. The molecule has 7 heteroatoms. The first-order valence-corrected chi connectivity index (χ1v) is 9.80. The third kappa shape index (κ3) is 6.67. The largest absolute Gasteiger partial charge is 0.444 e. The highest BCUT2D eigenvalue weighted by Crippen LogP contribution is 2.48. The van der Waals surface area contributed by atoms with E-state index in [1.54, 1.807) is 0 Å². The summed E-state index contributed by atoms with van der Waals surface area (Å²) in [6.45, 7) is 11.8. The van der Waals surface area contributed by atoms with Gasteiger partial charge in [-0.1, -0.05) is 0 Å². The highest BCUT2D eigenvalue weighted by molar-refractivity contribution is 5.80. The SMILES string of the molecule is CCOCCC1(CNC(=NC)N2CC[C@@H](NC(=O)OC(C)(C)C)C2)CC1. The Balaban J connectivity index is 1.75. The number of guanidine groups is 1. The van der Waals surface area contributed by atoms with Crippen molar-refractivity contribution in [2.45, 2.75) is 65.0 Å². The van der Waals surface area contributed by atoms with Crippen molar-refractivity contribution in [3.63, 3.8) is 0 Å². The summed E-state index contributed by atoms with van der Waals surface area (Å²) in [5.41, 5.74) is -0.0982. The molecule has 2 N–H and O–H groups in total. The molecular formula is C19H36N4O3. The fourth-order valence-electron chi connectivity index (χ4n) is 3.27. The van der Waals surface area contributed by atoms with Crippen LogP contribution in [0.2, 0.25) is 0 Å². The van der Waals surface area contributed by atoms with E-state index >= 15 is 0 Å². The van der Waals surface area contributed by atoms with E-state index in [1.165, 1.54) is 12.8 Å². The number of rotatable bonds is 7. The molecule has 1 aliphatic heterocycles. The molecule has 0 aromatic heterocycles. The predicted octanol–water partition coefficient (Wildman–Crippen LogP) is 2.37. The van der Waals surface area contributed by atoms with Gasteiger partial charge >= 0.3 is 6.09 Å². The van der Waals surface area contributed by atoms with Gasteiger partial charge in [-0.15, -0.1) is 0 Å². The lowest BCUT2D eigenvalue weighted by molar-refractivity contribution is 0.0507. The number of nitrogens with zero attached hydrogens (tertiary/aromatic N) is 2. The van der Waals surface area contributed by atoms with E-state index in [1.807, 2.05) is 34.7 Å². The minimum Gasteiger partial charge on any atom is -0.444 e. The maximum Gasteiger partial charge on any atom is 0.407 e. The number of likely N-dealkylation sites (tertiary alicyclic amines) is 1. The molecule has 0 bridgehead atoms. The van der Waals surface area contributed by atoms with E-state index in [4.69, 9.17) is 9.47 Å². The molecule has 26 heavy (non-hydrogen) atoms. The molecule has 2 aliphatic rings. The van der Waals surface area contributed by atoms with Crippen LogP contribution in [0.1, 0.15) is 53.4 Å². The molecule has 7 nitrogen and oxygen atoms in total. The van der Waals surface area contributed by atoms with Crippen LogP contribution in [0.25, 0.3) is 0 Å². The number of amides is 1. The van der Waals surface area contributed by atoms with Gasteiger partial charge in [0.2, 0.25) is 0 Å². The molecule has 1 saturated carbocycles. The summed E-state index contributed by atoms with van der Waals surface area (Å²) in [6.07, 6.45) is 4.17. The van der Waals surface area contributed by atoms with Gasteiger partial charge in [-0.25, -0.2) is 4.79 Å². The molecule has 0 aromatic carbocycles. The third-order valence-electron chi connectivity index (χ3n) is 4.98. The second kappa shape index (κ2) is 8.93. The maximum atomic E-state index is 11.9. The molecule has 1 atom stereocenters. The van der Waals surface area contributed by atoms with Gasteiger partial charge in [-0.3, -0.25) is 4.99 Å². The summed E-state index contributed by atoms with van der Waals surface area (Å²) in [7, 11) is 1.82. The highest BCUT2D eigenvalue weighted by Gasteiger charge is 2.42. The Morgan fingerprint density at radius 3 is 2.65 bits per heavy atom. The van der Waals surface area contributed by atoms with Gasteiger partial charge in [0.15, 0.2) is 5.96 Å². The van der Waals surface area contributed by atoms with Gasteiger partial charge in [-0.2, -0.15) is 0 Å². The maximum absolute atomic E-state index is 11.9. The first kappa shape index (κ1) is 20.8. The minimum atomic E-state index is -0.472. The molecular weight excluding hydrogens is 332 g/mol. The number of nitrogens with one attached hydrogen (secondary N) is 2. The molecule has 0 unspecified atom stereocenters. The third-order valence-corrected chi connectivity index (χ3v) is 4.98. The van der Waals surface area contributed by atoms with Crippen molar-refractivity contribution in [3.05, 3.63) is 0 Å². The van der Waals surface area contributed by atoms with E-state index < -0.39 is 5.60 Å². The van der Waals surface area contributed by atoms with Crippen LogP contribution < -0.4 is 10.6 Å². The summed E-state index contributed by atoms with van der Waals surface area (Å²) < 4.78 is 10.8. The summed E-state index contributed by atoms with van der Waals surface area (Å²) in [5, 5.41) is 6.49. The first-order valence-electron chi connectivity index (χ1n) is 9.80. The zero-order chi connectivity index (χ0) is 19.2. The fraction of sp³-hybridized carbons (Fsp3) is 0.895. The van der Waals surface area contributed by atoms with Gasteiger partial charge < -0.3 is 25.0 Å². The van der Waals surface area contributed by atoms with Crippen LogP contribution in [-0.2, 0) is 9.47 Å². The van der Waals surface area contributed by atoms with E-state index in [2.05, 4.69) is 20.5 Å². The van der Waals surface area contributed by atoms with Crippen molar-refractivity contribution in [1.82, 2.24) is 15.5 Å². The summed E-state index contributed by atoms with van der Waals surface area (Å²) in [4.78, 5) is 18.6. The van der Waals surface area contributed by atoms with Crippen molar-refractivity contribution in [2.75, 3.05) is 39.9 Å². The molecule has 0 radical (unpaired) electrons. The van der Waals surface area contributed by atoms with Gasteiger partial charge in [0, 0.05) is 39.9 Å². The molecule has 0 spiro atoms. The molecule has 2 fully saturated rings. The van der Waals surface area contributed by atoms with Crippen LogP contribution in [0.4, 0.5) is 4.79 Å². The van der Waals surface area contributed by atoms with Crippen LogP contribution in [0.15, 0.2) is 4.99 Å². The highest BCUT2D eigenvalue weighted by atomic mass is 16.6. The first-order chi connectivity index (χ1) is 12.3. The van der Waals surface area contributed by atoms with E-state index in [0.717, 1.165) is 51.6 Å². The Bertz CT molecular complexity index is 498. The number of aliphatic imine (C=N–C) groups is 1. The number of alkyl carbamates (subject to hydrolysis) is 1. The van der Waals surface area contributed by atoms with E-state index in [9.17, 15) is 4.79 Å². The normalized spacial score (nSPS) is 22.3.